The molecule has 0 unspecified atom stereocenters. The molecule has 0 aliphatic carbocycles. The number of furan rings is 1. The molecule has 0 radical (unpaired) electrons. The molecule has 0 amide bonds. The van der Waals surface area contributed by atoms with Crippen molar-refractivity contribution >= 4 is 64.2 Å². The highest BCUT2D eigenvalue weighted by atomic mass is 32.1. The van der Waals surface area contributed by atoms with E-state index in [1.165, 1.54) is 10.1 Å². The molecule has 196 valence electrons. The number of nitrogens with zero attached hydrogens (tertiary/aromatic N) is 3. The highest BCUT2D eigenvalue weighted by Crippen LogP contribution is 2.37. The van der Waals surface area contributed by atoms with Crippen LogP contribution in [0.1, 0.15) is 6.85 Å². The van der Waals surface area contributed by atoms with Crippen molar-refractivity contribution in [1.82, 2.24) is 15.0 Å². The van der Waals surface area contributed by atoms with E-state index in [9.17, 15) is 0 Å². The second-order valence-corrected chi connectivity index (χ2v) is 11.2. The molecule has 42 heavy (non-hydrogen) atoms. The van der Waals surface area contributed by atoms with E-state index >= 15 is 0 Å². The summed E-state index contributed by atoms with van der Waals surface area (Å²) in [7, 11) is 0. The highest BCUT2D eigenvalue weighted by molar-refractivity contribution is 7.25. The molecule has 0 aliphatic rings. The summed E-state index contributed by atoms with van der Waals surface area (Å²) in [5.41, 5.74) is 2.70. The first kappa shape index (κ1) is 18.9. The summed E-state index contributed by atoms with van der Waals surface area (Å²) < 4.78 is 50.4. The lowest BCUT2D eigenvalue weighted by Gasteiger charge is -2.08. The predicted molar refractivity (Wildman–Crippen MR) is 174 cm³/mol. The predicted octanol–water partition coefficient (Wildman–Crippen LogP) is 10.3. The minimum Gasteiger partial charge on any atom is -0.456 e. The van der Waals surface area contributed by atoms with Gasteiger partial charge in [-0.1, -0.05) is 90.9 Å². The molecule has 0 N–H and O–H groups in total. The first-order chi connectivity index (χ1) is 22.8. The zero-order valence-electron chi connectivity index (χ0n) is 26.9. The molecule has 3 heterocycles. The van der Waals surface area contributed by atoms with E-state index in [0.717, 1.165) is 42.8 Å². The number of rotatable bonds is 3. The Kier molecular flexibility index (Phi) is 4.07. The minimum atomic E-state index is -0.475. The van der Waals surface area contributed by atoms with E-state index in [1.54, 1.807) is 11.3 Å². The molecule has 9 rings (SSSR count). The Morgan fingerprint density at radius 1 is 0.500 bits per heavy atom. The van der Waals surface area contributed by atoms with Crippen LogP contribution in [0.4, 0.5) is 0 Å². The van der Waals surface area contributed by atoms with Gasteiger partial charge < -0.3 is 4.42 Å². The van der Waals surface area contributed by atoms with Crippen LogP contribution in [-0.2, 0) is 0 Å². The first-order valence-corrected chi connectivity index (χ1v) is 14.3. The highest BCUT2D eigenvalue weighted by Gasteiger charge is 2.16. The van der Waals surface area contributed by atoms with E-state index in [4.69, 9.17) is 26.2 Å². The lowest BCUT2D eigenvalue weighted by Crippen LogP contribution is -2.00. The zero-order valence-corrected chi connectivity index (χ0v) is 22.7. The number of hydrogen-bond donors (Lipinski definition) is 0. The van der Waals surface area contributed by atoms with Crippen LogP contribution in [0.5, 0.6) is 0 Å². The second-order valence-electron chi connectivity index (χ2n) is 10.1. The van der Waals surface area contributed by atoms with Gasteiger partial charge >= 0.3 is 0 Å². The molecule has 6 aromatic carbocycles. The van der Waals surface area contributed by atoms with Gasteiger partial charge in [0.05, 0.1) is 6.85 Å². The van der Waals surface area contributed by atoms with Crippen LogP contribution in [0.25, 0.3) is 87.0 Å². The molecule has 3 aromatic heterocycles. The van der Waals surface area contributed by atoms with Crippen LogP contribution in [0.15, 0.2) is 132 Å². The van der Waals surface area contributed by atoms with Crippen LogP contribution in [0.2, 0.25) is 0 Å². The van der Waals surface area contributed by atoms with E-state index in [-0.39, 0.29) is 23.5 Å². The largest absolute Gasteiger partial charge is 0.456 e. The van der Waals surface area contributed by atoms with Gasteiger partial charge in [-0.05, 0) is 47.2 Å². The molecule has 0 spiro atoms. The van der Waals surface area contributed by atoms with Gasteiger partial charge in [-0.25, -0.2) is 15.0 Å². The SMILES string of the molecule is [2H]c1c([2H])c([2H])c(-c2nc(-c3ccc4c(c3)oc3cc5ccccc5cc34)nc(-c3ccc4c(c3)sc3ccccc34)n2)c([2H])c1[2H]. The third-order valence-electron chi connectivity index (χ3n) is 7.59. The van der Waals surface area contributed by atoms with Crippen LogP contribution in [-0.4, -0.2) is 15.0 Å². The molecule has 9 aromatic rings. The van der Waals surface area contributed by atoms with Crippen LogP contribution in [0, 0.1) is 0 Å². The summed E-state index contributed by atoms with van der Waals surface area (Å²) in [4.78, 5) is 14.3. The Balaban J connectivity index is 1.27. The quantitative estimate of drug-likeness (QED) is 0.216. The number of benzene rings is 6. The van der Waals surface area contributed by atoms with Gasteiger partial charge in [0.2, 0.25) is 0 Å². The van der Waals surface area contributed by atoms with Crippen molar-refractivity contribution in [2.45, 2.75) is 0 Å². The smallest absolute Gasteiger partial charge is 0.164 e. The maximum absolute atomic E-state index is 8.64. The summed E-state index contributed by atoms with van der Waals surface area (Å²) in [6.07, 6.45) is 0. The van der Waals surface area contributed by atoms with Gasteiger partial charge in [-0.15, -0.1) is 11.3 Å². The Labute approximate surface area is 251 Å². The fourth-order valence-corrected chi connectivity index (χ4v) is 6.72. The standard InChI is InChI=1S/C37H21N3OS/c1-2-8-22(9-3-1)35-38-36(40-37(39-35)26-15-17-29-28-12-6-7-13-33(28)42-34(29)21-26)25-14-16-27-30-18-23-10-4-5-11-24(23)19-32(30)41-31(27)20-25/h1-21H/i1D,2D,3D,8D,9D. The van der Waals surface area contributed by atoms with Crippen molar-refractivity contribution in [2.24, 2.45) is 0 Å². The van der Waals surface area contributed by atoms with E-state index < -0.39 is 18.1 Å². The van der Waals surface area contributed by atoms with Crippen molar-refractivity contribution < 1.29 is 11.3 Å². The van der Waals surface area contributed by atoms with Gasteiger partial charge in [0.1, 0.15) is 11.2 Å². The maximum atomic E-state index is 8.64. The Morgan fingerprint density at radius 3 is 1.93 bits per heavy atom. The third-order valence-corrected chi connectivity index (χ3v) is 8.73. The van der Waals surface area contributed by atoms with Gasteiger partial charge in [-0.3, -0.25) is 0 Å². The third kappa shape index (κ3) is 3.71. The molecular formula is C37H21N3OS. The van der Waals surface area contributed by atoms with Crippen LogP contribution < -0.4 is 0 Å². The van der Waals surface area contributed by atoms with Crippen LogP contribution in [0.3, 0.4) is 0 Å². The van der Waals surface area contributed by atoms with E-state index in [0.29, 0.717) is 22.8 Å². The summed E-state index contributed by atoms with van der Waals surface area (Å²) in [5, 5.41) is 6.44. The molecule has 5 heteroatoms. The normalized spacial score (nSPS) is 13.5. The number of thiophene rings is 1. The number of hydrogen-bond acceptors (Lipinski definition) is 5. The Morgan fingerprint density at radius 2 is 1.12 bits per heavy atom. The Bertz CT molecular complexity index is 2740. The molecule has 0 atom stereocenters. The summed E-state index contributed by atoms with van der Waals surface area (Å²) in [5.74, 6) is 0.613. The van der Waals surface area contributed by atoms with Gasteiger partial charge in [0.15, 0.2) is 17.5 Å². The number of fused-ring (bicyclic) bond motifs is 7. The van der Waals surface area contributed by atoms with Crippen molar-refractivity contribution in [1.29, 1.82) is 0 Å². The summed E-state index contributed by atoms with van der Waals surface area (Å²) in [6.45, 7) is 0. The summed E-state index contributed by atoms with van der Waals surface area (Å²) >= 11 is 1.67. The van der Waals surface area contributed by atoms with Crippen molar-refractivity contribution in [3.05, 3.63) is 127 Å². The average molecular weight is 561 g/mol. The van der Waals surface area contributed by atoms with Gasteiger partial charge in [0, 0.05) is 47.6 Å². The molecule has 0 saturated carbocycles. The fraction of sp³-hybridized carbons (Fsp3) is 0. The monoisotopic (exact) mass is 560 g/mol. The van der Waals surface area contributed by atoms with Crippen molar-refractivity contribution in [3.63, 3.8) is 0 Å². The second kappa shape index (κ2) is 9.06. The average Bonchev–Trinajstić information content (AvgIpc) is 3.65. The molecule has 0 fully saturated rings. The fourth-order valence-electron chi connectivity index (χ4n) is 5.57. The Hall–Kier alpha value is -5.39. The van der Waals surface area contributed by atoms with Gasteiger partial charge in [0.25, 0.3) is 0 Å². The van der Waals surface area contributed by atoms with Gasteiger partial charge in [-0.2, -0.15) is 0 Å². The zero-order chi connectivity index (χ0) is 32.0. The maximum Gasteiger partial charge on any atom is 0.164 e. The first-order valence-electron chi connectivity index (χ1n) is 15.9. The number of aromatic nitrogens is 3. The van der Waals surface area contributed by atoms with E-state index in [2.05, 4.69) is 30.3 Å². The molecule has 4 nitrogen and oxygen atoms in total. The van der Waals surface area contributed by atoms with Crippen molar-refractivity contribution in [3.8, 4) is 34.2 Å². The van der Waals surface area contributed by atoms with Crippen LogP contribution >= 0.6 is 11.3 Å². The molecule has 0 aliphatic heterocycles. The minimum absolute atomic E-state index is 0.00519. The lowest BCUT2D eigenvalue weighted by molar-refractivity contribution is 0.669. The molecular weight excluding hydrogens is 534 g/mol. The summed E-state index contributed by atoms with van der Waals surface area (Å²) in [6, 6.07) is 30.2. The lowest BCUT2D eigenvalue weighted by atomic mass is 10.1. The van der Waals surface area contributed by atoms with E-state index in [1.807, 2.05) is 66.7 Å². The van der Waals surface area contributed by atoms with Crippen molar-refractivity contribution in [2.75, 3.05) is 0 Å². The topological polar surface area (TPSA) is 51.8 Å². The molecule has 0 bridgehead atoms. The molecule has 0 saturated heterocycles.